The maximum atomic E-state index is 10.9. The van der Waals surface area contributed by atoms with Gasteiger partial charge in [-0.3, -0.25) is 9.59 Å². The fourth-order valence-corrected chi connectivity index (χ4v) is 0.559. The molecule has 5 nitrogen and oxygen atoms in total. The summed E-state index contributed by atoms with van der Waals surface area (Å²) in [7, 11) is 1.45. The van der Waals surface area contributed by atoms with Gasteiger partial charge in [0.05, 0.1) is 6.07 Å². The van der Waals surface area contributed by atoms with E-state index in [0.717, 1.165) is 0 Å². The minimum absolute atomic E-state index is 0.234. The molecule has 1 unspecified atom stereocenters. The summed E-state index contributed by atoms with van der Waals surface area (Å²) in [6.45, 7) is 1.54. The Morgan fingerprint density at radius 3 is 2.50 bits per heavy atom. The predicted octanol–water partition coefficient (Wildman–Crippen LogP) is -0.849. The molecule has 5 heteroatoms. The highest BCUT2D eigenvalue weighted by molar-refractivity contribution is 5.96. The van der Waals surface area contributed by atoms with Gasteiger partial charge in [0.25, 0.3) is 0 Å². The molecule has 0 aliphatic carbocycles. The van der Waals surface area contributed by atoms with Gasteiger partial charge in [-0.15, -0.1) is 0 Å². The Morgan fingerprint density at radius 1 is 1.50 bits per heavy atom. The first kappa shape index (κ1) is 10.4. The fourth-order valence-electron chi connectivity index (χ4n) is 0.559. The van der Waals surface area contributed by atoms with Crippen LogP contribution in [-0.2, 0) is 9.59 Å². The lowest BCUT2D eigenvalue weighted by atomic mass is 10.3. The molecule has 2 N–H and O–H groups in total. The minimum Gasteiger partial charge on any atom is -0.359 e. The topological polar surface area (TPSA) is 82.0 Å². The van der Waals surface area contributed by atoms with Crippen LogP contribution in [0.4, 0.5) is 0 Å². The summed E-state index contributed by atoms with van der Waals surface area (Å²) < 4.78 is 0. The molecule has 0 aromatic heterocycles. The Bertz CT molecular complexity index is 219. The van der Waals surface area contributed by atoms with Crippen molar-refractivity contribution in [2.24, 2.45) is 0 Å². The number of nitriles is 1. The van der Waals surface area contributed by atoms with Crippen LogP contribution in [0.2, 0.25) is 0 Å². The van der Waals surface area contributed by atoms with Crippen LogP contribution in [0.3, 0.4) is 0 Å². The van der Waals surface area contributed by atoms with E-state index in [1.165, 1.54) is 7.05 Å². The van der Waals surface area contributed by atoms with Crippen LogP contribution in [0.15, 0.2) is 0 Å². The summed E-state index contributed by atoms with van der Waals surface area (Å²) in [6.07, 6.45) is -0.234. The molecule has 66 valence electrons. The van der Waals surface area contributed by atoms with Gasteiger partial charge in [-0.2, -0.15) is 5.26 Å². The van der Waals surface area contributed by atoms with Gasteiger partial charge in [0.2, 0.25) is 11.8 Å². The number of amides is 2. The van der Waals surface area contributed by atoms with Crippen molar-refractivity contribution in [3.8, 4) is 6.07 Å². The van der Waals surface area contributed by atoms with Crippen molar-refractivity contribution in [1.82, 2.24) is 10.6 Å². The lowest BCUT2D eigenvalue weighted by molar-refractivity contribution is -0.129. The summed E-state index contributed by atoms with van der Waals surface area (Å²) in [5.74, 6) is -0.805. The molecule has 0 bridgehead atoms. The van der Waals surface area contributed by atoms with E-state index in [4.69, 9.17) is 5.26 Å². The molecule has 0 saturated heterocycles. The molecule has 1 atom stereocenters. The number of carbonyl (C=O) groups is 2. The Kier molecular flexibility index (Phi) is 4.46. The van der Waals surface area contributed by atoms with Crippen molar-refractivity contribution < 1.29 is 9.59 Å². The number of nitrogens with one attached hydrogen (secondary N) is 2. The van der Waals surface area contributed by atoms with E-state index >= 15 is 0 Å². The van der Waals surface area contributed by atoms with Crippen molar-refractivity contribution in [2.45, 2.75) is 19.4 Å². The molecule has 0 radical (unpaired) electrons. The summed E-state index contributed by atoms with van der Waals surface area (Å²) in [5.41, 5.74) is 0. The normalized spacial score (nSPS) is 11.1. The lowest BCUT2D eigenvalue weighted by Crippen LogP contribution is -2.35. The van der Waals surface area contributed by atoms with Crippen LogP contribution < -0.4 is 10.6 Å². The average molecular weight is 169 g/mol. The van der Waals surface area contributed by atoms with Crippen LogP contribution in [0.25, 0.3) is 0 Å². The zero-order chi connectivity index (χ0) is 9.56. The molecule has 0 spiro atoms. The second-order valence-corrected chi connectivity index (χ2v) is 2.27. The number of rotatable bonds is 3. The van der Waals surface area contributed by atoms with Gasteiger partial charge in [-0.1, -0.05) is 0 Å². The molecule has 0 heterocycles. The van der Waals surface area contributed by atoms with Crippen LogP contribution >= 0.6 is 0 Å². The van der Waals surface area contributed by atoms with E-state index in [1.807, 2.05) is 6.07 Å². The third kappa shape index (κ3) is 4.28. The number of carbonyl (C=O) groups excluding carboxylic acids is 2. The summed E-state index contributed by atoms with van der Waals surface area (Å²) in [6, 6.07) is 1.27. The van der Waals surface area contributed by atoms with Gasteiger partial charge in [0.15, 0.2) is 0 Å². The monoisotopic (exact) mass is 169 g/mol. The SMILES string of the molecule is CNC(=O)CC(=O)NC(C)C#N. The smallest absolute Gasteiger partial charge is 0.230 e. The summed E-state index contributed by atoms with van der Waals surface area (Å²) >= 11 is 0. The fraction of sp³-hybridized carbons (Fsp3) is 0.571. The van der Waals surface area contributed by atoms with E-state index < -0.39 is 11.9 Å². The lowest BCUT2D eigenvalue weighted by Gasteiger charge is -2.04. The zero-order valence-electron chi connectivity index (χ0n) is 7.05. The third-order valence-electron chi connectivity index (χ3n) is 1.17. The summed E-state index contributed by atoms with van der Waals surface area (Å²) in [4.78, 5) is 21.5. The van der Waals surface area contributed by atoms with Crippen LogP contribution in [-0.4, -0.2) is 24.9 Å². The van der Waals surface area contributed by atoms with Crippen LogP contribution in [0, 0.1) is 11.3 Å². The van der Waals surface area contributed by atoms with Crippen LogP contribution in [0.1, 0.15) is 13.3 Å². The second-order valence-electron chi connectivity index (χ2n) is 2.27. The highest BCUT2D eigenvalue weighted by Gasteiger charge is 2.09. The first-order valence-electron chi connectivity index (χ1n) is 3.49. The molecule has 0 aliphatic rings. The van der Waals surface area contributed by atoms with Crippen molar-refractivity contribution in [2.75, 3.05) is 7.05 Å². The maximum absolute atomic E-state index is 10.9. The Balaban J connectivity index is 3.76. The van der Waals surface area contributed by atoms with Gasteiger partial charge in [0, 0.05) is 7.05 Å². The van der Waals surface area contributed by atoms with E-state index in [9.17, 15) is 9.59 Å². The van der Waals surface area contributed by atoms with Crippen molar-refractivity contribution >= 4 is 11.8 Å². The Labute approximate surface area is 70.7 Å². The molecular weight excluding hydrogens is 158 g/mol. The number of hydrogen-bond acceptors (Lipinski definition) is 3. The van der Waals surface area contributed by atoms with Gasteiger partial charge < -0.3 is 10.6 Å². The molecule has 0 rings (SSSR count). The highest BCUT2D eigenvalue weighted by atomic mass is 16.2. The minimum atomic E-state index is -0.554. The van der Waals surface area contributed by atoms with Gasteiger partial charge in [-0.25, -0.2) is 0 Å². The van der Waals surface area contributed by atoms with Crippen LogP contribution in [0.5, 0.6) is 0 Å². The molecule has 0 fully saturated rings. The molecular formula is C7H11N3O2. The molecule has 0 saturated carbocycles. The van der Waals surface area contributed by atoms with Crippen molar-refractivity contribution in [3.05, 3.63) is 0 Å². The third-order valence-corrected chi connectivity index (χ3v) is 1.17. The summed E-state index contributed by atoms with van der Waals surface area (Å²) in [5, 5.41) is 12.9. The molecule has 12 heavy (non-hydrogen) atoms. The second kappa shape index (κ2) is 5.13. The largest absolute Gasteiger partial charge is 0.359 e. The van der Waals surface area contributed by atoms with E-state index in [1.54, 1.807) is 6.92 Å². The first-order chi connectivity index (χ1) is 5.60. The van der Waals surface area contributed by atoms with Gasteiger partial charge in [0.1, 0.15) is 12.5 Å². The van der Waals surface area contributed by atoms with E-state index in [0.29, 0.717) is 0 Å². The first-order valence-corrected chi connectivity index (χ1v) is 3.49. The Morgan fingerprint density at radius 2 is 2.08 bits per heavy atom. The maximum Gasteiger partial charge on any atom is 0.230 e. The Hall–Kier alpha value is -1.57. The quantitative estimate of drug-likeness (QED) is 0.540. The standard InChI is InChI=1S/C7H11N3O2/c1-5(4-8)10-7(12)3-6(11)9-2/h5H,3H2,1-2H3,(H,9,11)(H,10,12). The number of nitrogens with zero attached hydrogens (tertiary/aromatic N) is 1. The zero-order valence-corrected chi connectivity index (χ0v) is 7.05. The highest BCUT2D eigenvalue weighted by Crippen LogP contribution is 1.82. The molecule has 0 aromatic rings. The van der Waals surface area contributed by atoms with E-state index in [-0.39, 0.29) is 12.3 Å². The number of hydrogen-bond donors (Lipinski definition) is 2. The average Bonchev–Trinajstić information content (AvgIpc) is 2.03. The molecule has 0 aromatic carbocycles. The van der Waals surface area contributed by atoms with Gasteiger partial charge in [-0.05, 0) is 6.92 Å². The molecule has 2 amide bonds. The van der Waals surface area contributed by atoms with Gasteiger partial charge >= 0.3 is 0 Å². The predicted molar refractivity (Wildman–Crippen MR) is 41.9 cm³/mol. The van der Waals surface area contributed by atoms with Crippen molar-refractivity contribution in [1.29, 1.82) is 5.26 Å². The van der Waals surface area contributed by atoms with Crippen molar-refractivity contribution in [3.63, 3.8) is 0 Å². The molecule has 0 aliphatic heterocycles. The van der Waals surface area contributed by atoms with E-state index in [2.05, 4.69) is 10.6 Å².